The van der Waals surface area contributed by atoms with Gasteiger partial charge >= 0.3 is 0 Å². The SMILES string of the molecule is Cc1cc(NCCOCC(F)F)n2ncnc2n1. The van der Waals surface area contributed by atoms with Gasteiger partial charge in [-0.25, -0.2) is 13.8 Å². The van der Waals surface area contributed by atoms with Crippen LogP contribution in [0.1, 0.15) is 5.69 Å². The van der Waals surface area contributed by atoms with Gasteiger partial charge in [0.2, 0.25) is 0 Å². The largest absolute Gasteiger partial charge is 0.374 e. The Balaban J connectivity index is 1.93. The van der Waals surface area contributed by atoms with E-state index in [1.165, 1.54) is 6.33 Å². The summed E-state index contributed by atoms with van der Waals surface area (Å²) in [6, 6.07) is 1.80. The molecule has 8 heteroatoms. The van der Waals surface area contributed by atoms with Crippen LogP contribution in [0, 0.1) is 6.92 Å². The van der Waals surface area contributed by atoms with Gasteiger partial charge in [0.25, 0.3) is 12.2 Å². The van der Waals surface area contributed by atoms with E-state index in [2.05, 4.69) is 20.4 Å². The minimum absolute atomic E-state index is 0.196. The Morgan fingerprint density at radius 3 is 3.11 bits per heavy atom. The Bertz CT molecular complexity index is 516. The van der Waals surface area contributed by atoms with Crippen LogP contribution in [0.3, 0.4) is 0 Å². The Kier molecular flexibility index (Phi) is 3.98. The molecule has 0 aliphatic rings. The van der Waals surface area contributed by atoms with Crippen molar-refractivity contribution in [3.05, 3.63) is 18.1 Å². The fourth-order valence-electron chi connectivity index (χ4n) is 1.48. The van der Waals surface area contributed by atoms with Crippen LogP contribution in [0.4, 0.5) is 14.6 Å². The molecule has 18 heavy (non-hydrogen) atoms. The molecule has 0 unspecified atom stereocenters. The minimum atomic E-state index is -2.44. The smallest absolute Gasteiger partial charge is 0.261 e. The highest BCUT2D eigenvalue weighted by Crippen LogP contribution is 2.09. The summed E-state index contributed by atoms with van der Waals surface area (Å²) in [5.74, 6) is 1.20. The molecule has 98 valence electrons. The summed E-state index contributed by atoms with van der Waals surface area (Å²) in [5.41, 5.74) is 0.798. The standard InChI is InChI=1S/C10H13F2N5O/c1-7-4-9(13-2-3-18-5-8(11)12)17-10(16-7)14-6-15-17/h4,6,8,13H,2-3,5H2,1H3. The third kappa shape index (κ3) is 3.10. The molecule has 0 amide bonds. The quantitative estimate of drug-likeness (QED) is 0.786. The number of ether oxygens (including phenoxy) is 1. The molecule has 1 N–H and O–H groups in total. The molecule has 2 aromatic heterocycles. The Hall–Kier alpha value is -1.83. The normalized spacial score (nSPS) is 11.3. The lowest BCUT2D eigenvalue weighted by Gasteiger charge is -2.08. The zero-order chi connectivity index (χ0) is 13.0. The van der Waals surface area contributed by atoms with Crippen LogP contribution in [0.25, 0.3) is 5.78 Å². The molecule has 2 rings (SSSR count). The molecule has 6 nitrogen and oxygen atoms in total. The van der Waals surface area contributed by atoms with Gasteiger partial charge in [-0.05, 0) is 6.92 Å². The van der Waals surface area contributed by atoms with E-state index >= 15 is 0 Å². The second-order valence-electron chi connectivity index (χ2n) is 3.65. The zero-order valence-electron chi connectivity index (χ0n) is 9.81. The lowest BCUT2D eigenvalue weighted by molar-refractivity contribution is 0.0214. The van der Waals surface area contributed by atoms with E-state index in [9.17, 15) is 8.78 Å². The second-order valence-corrected chi connectivity index (χ2v) is 3.65. The fraction of sp³-hybridized carbons (Fsp3) is 0.500. The van der Waals surface area contributed by atoms with E-state index < -0.39 is 13.0 Å². The third-order valence-corrected chi connectivity index (χ3v) is 2.18. The predicted molar refractivity (Wildman–Crippen MR) is 60.8 cm³/mol. The summed E-state index contributed by atoms with van der Waals surface area (Å²) in [6.07, 6.45) is -1.03. The molecular formula is C10H13F2N5O. The van der Waals surface area contributed by atoms with Gasteiger partial charge < -0.3 is 10.1 Å². The maximum Gasteiger partial charge on any atom is 0.261 e. The number of hydrogen-bond acceptors (Lipinski definition) is 5. The molecule has 0 atom stereocenters. The number of nitrogens with one attached hydrogen (secondary N) is 1. The van der Waals surface area contributed by atoms with Crippen LogP contribution in [0.5, 0.6) is 0 Å². The summed E-state index contributed by atoms with van der Waals surface area (Å²) >= 11 is 0. The van der Waals surface area contributed by atoms with E-state index in [1.807, 2.05) is 6.92 Å². The van der Waals surface area contributed by atoms with Crippen molar-refractivity contribution in [3.63, 3.8) is 0 Å². The molecule has 0 saturated carbocycles. The average molecular weight is 257 g/mol. The molecule has 0 saturated heterocycles. The van der Waals surface area contributed by atoms with E-state index in [1.54, 1.807) is 10.6 Å². The van der Waals surface area contributed by atoms with Crippen molar-refractivity contribution in [1.82, 2.24) is 19.6 Å². The molecular weight excluding hydrogens is 244 g/mol. The average Bonchev–Trinajstić information content (AvgIpc) is 2.75. The van der Waals surface area contributed by atoms with Crippen LogP contribution in [-0.4, -0.2) is 45.8 Å². The number of halogens is 2. The van der Waals surface area contributed by atoms with E-state index in [0.717, 1.165) is 5.69 Å². The van der Waals surface area contributed by atoms with Crippen LogP contribution < -0.4 is 5.32 Å². The second kappa shape index (κ2) is 5.67. The van der Waals surface area contributed by atoms with Crippen molar-refractivity contribution in [2.45, 2.75) is 13.3 Å². The van der Waals surface area contributed by atoms with E-state index in [-0.39, 0.29) is 6.61 Å². The van der Waals surface area contributed by atoms with Gasteiger partial charge in [-0.3, -0.25) is 0 Å². The maximum absolute atomic E-state index is 11.8. The molecule has 0 aliphatic carbocycles. The highest BCUT2D eigenvalue weighted by atomic mass is 19.3. The van der Waals surface area contributed by atoms with Gasteiger partial charge in [0.05, 0.1) is 6.61 Å². The van der Waals surface area contributed by atoms with E-state index in [0.29, 0.717) is 18.1 Å². The van der Waals surface area contributed by atoms with Gasteiger partial charge in [0.1, 0.15) is 18.8 Å². The Morgan fingerprint density at radius 1 is 1.50 bits per heavy atom. The van der Waals surface area contributed by atoms with Crippen LogP contribution in [0.2, 0.25) is 0 Å². The van der Waals surface area contributed by atoms with Crippen LogP contribution >= 0.6 is 0 Å². The lowest BCUT2D eigenvalue weighted by Crippen LogP contribution is -2.15. The number of aromatic nitrogens is 4. The van der Waals surface area contributed by atoms with E-state index in [4.69, 9.17) is 4.74 Å². The fourth-order valence-corrected chi connectivity index (χ4v) is 1.48. The first-order chi connectivity index (χ1) is 8.66. The number of hydrogen-bond donors (Lipinski definition) is 1. The number of nitrogens with zero attached hydrogens (tertiary/aromatic N) is 4. The van der Waals surface area contributed by atoms with Crippen molar-refractivity contribution < 1.29 is 13.5 Å². The topological polar surface area (TPSA) is 64.3 Å². The molecule has 2 aromatic rings. The molecule has 0 spiro atoms. The van der Waals surface area contributed by atoms with Crippen LogP contribution in [-0.2, 0) is 4.74 Å². The van der Waals surface area contributed by atoms with Crippen LogP contribution in [0.15, 0.2) is 12.4 Å². The van der Waals surface area contributed by atoms with Crippen molar-refractivity contribution in [2.24, 2.45) is 0 Å². The summed E-state index contributed by atoms with van der Waals surface area (Å²) in [6.45, 7) is 1.90. The van der Waals surface area contributed by atoms with Crippen molar-refractivity contribution in [1.29, 1.82) is 0 Å². The number of aryl methyl sites for hydroxylation is 1. The van der Waals surface area contributed by atoms with Crippen molar-refractivity contribution in [3.8, 4) is 0 Å². The first-order valence-corrected chi connectivity index (χ1v) is 5.44. The predicted octanol–water partition coefficient (Wildman–Crippen LogP) is 1.13. The Morgan fingerprint density at radius 2 is 2.33 bits per heavy atom. The summed E-state index contributed by atoms with van der Waals surface area (Å²) in [4.78, 5) is 8.16. The van der Waals surface area contributed by atoms with Gasteiger partial charge in [-0.1, -0.05) is 0 Å². The number of fused-ring (bicyclic) bond motifs is 1. The Labute approximate surface area is 102 Å². The minimum Gasteiger partial charge on any atom is -0.374 e. The number of alkyl halides is 2. The van der Waals surface area contributed by atoms with Gasteiger partial charge in [0.15, 0.2) is 0 Å². The molecule has 0 fully saturated rings. The zero-order valence-corrected chi connectivity index (χ0v) is 9.81. The summed E-state index contributed by atoms with van der Waals surface area (Å²) < 4.78 is 30.0. The number of rotatable bonds is 6. The van der Waals surface area contributed by atoms with Crippen molar-refractivity contribution >= 4 is 11.6 Å². The monoisotopic (exact) mass is 257 g/mol. The van der Waals surface area contributed by atoms with Gasteiger partial charge in [0, 0.05) is 18.3 Å². The maximum atomic E-state index is 11.8. The molecule has 2 heterocycles. The third-order valence-electron chi connectivity index (χ3n) is 2.18. The molecule has 0 aromatic carbocycles. The first-order valence-electron chi connectivity index (χ1n) is 5.44. The first kappa shape index (κ1) is 12.6. The molecule has 0 aliphatic heterocycles. The molecule has 0 radical (unpaired) electrons. The summed E-state index contributed by atoms with van der Waals surface area (Å²) in [5, 5.41) is 7.05. The summed E-state index contributed by atoms with van der Waals surface area (Å²) in [7, 11) is 0. The lowest BCUT2D eigenvalue weighted by atomic mass is 10.4. The van der Waals surface area contributed by atoms with Crippen molar-refractivity contribution in [2.75, 3.05) is 25.1 Å². The molecule has 0 bridgehead atoms. The van der Waals surface area contributed by atoms with Gasteiger partial charge in [-0.15, -0.1) is 0 Å². The highest BCUT2D eigenvalue weighted by molar-refractivity contribution is 5.44. The van der Waals surface area contributed by atoms with Gasteiger partial charge in [-0.2, -0.15) is 14.6 Å². The highest BCUT2D eigenvalue weighted by Gasteiger charge is 2.05. The number of anilines is 1.